The molecule has 0 radical (unpaired) electrons. The molecular weight excluding hydrogens is 452 g/mol. The van der Waals surface area contributed by atoms with Crippen LogP contribution < -0.4 is 33.2 Å². The zero-order valence-electron chi connectivity index (χ0n) is 19.2. The van der Waals surface area contributed by atoms with E-state index < -0.39 is 53.8 Å². The van der Waals surface area contributed by atoms with Gasteiger partial charge >= 0.3 is 5.97 Å². The van der Waals surface area contributed by atoms with E-state index in [0.717, 1.165) is 0 Å². The number of nitrogens with two attached hydrogens (primary N) is 3. The minimum atomic E-state index is -1.30. The number of rotatable bonds is 17. The van der Waals surface area contributed by atoms with E-state index in [0.29, 0.717) is 25.8 Å². The predicted molar refractivity (Wildman–Crippen MR) is 126 cm³/mol. The highest BCUT2D eigenvalue weighted by molar-refractivity contribution is 7.80. The Morgan fingerprint density at radius 3 is 1.88 bits per heavy atom. The van der Waals surface area contributed by atoms with Gasteiger partial charge in [0.1, 0.15) is 18.1 Å². The van der Waals surface area contributed by atoms with E-state index >= 15 is 0 Å². The van der Waals surface area contributed by atoms with E-state index in [2.05, 4.69) is 28.6 Å². The number of thiol groups is 1. The smallest absolute Gasteiger partial charge is 0.327 e. The first kappa shape index (κ1) is 30.6. The zero-order chi connectivity index (χ0) is 25.6. The number of carbonyl (C=O) groups excluding carboxylic acids is 4. The van der Waals surface area contributed by atoms with Crippen molar-refractivity contribution in [1.82, 2.24) is 16.0 Å². The summed E-state index contributed by atoms with van der Waals surface area (Å²) in [6.07, 6.45) is 1.70. The van der Waals surface area contributed by atoms with Gasteiger partial charge < -0.3 is 38.3 Å². The lowest BCUT2D eigenvalue weighted by atomic mass is 9.98. The maximum absolute atomic E-state index is 13.0. The van der Waals surface area contributed by atoms with Crippen LogP contribution >= 0.6 is 12.6 Å². The number of hydrogen-bond acceptors (Lipinski definition) is 8. The molecule has 5 atom stereocenters. The van der Waals surface area contributed by atoms with Gasteiger partial charge in [-0.3, -0.25) is 19.2 Å². The Labute approximate surface area is 199 Å². The topological polar surface area (TPSA) is 220 Å². The molecule has 0 bridgehead atoms. The van der Waals surface area contributed by atoms with Gasteiger partial charge in [-0.1, -0.05) is 20.3 Å². The van der Waals surface area contributed by atoms with Crippen LogP contribution in [0.2, 0.25) is 0 Å². The minimum absolute atomic E-state index is 0.110. The summed E-state index contributed by atoms with van der Waals surface area (Å²) < 4.78 is 0. The number of hydrogen-bond donors (Lipinski definition) is 8. The summed E-state index contributed by atoms with van der Waals surface area (Å²) in [5, 5.41) is 16.5. The second-order valence-electron chi connectivity index (χ2n) is 7.91. The molecule has 33 heavy (non-hydrogen) atoms. The van der Waals surface area contributed by atoms with Crippen LogP contribution in [0.25, 0.3) is 0 Å². The molecule has 0 aliphatic carbocycles. The summed E-state index contributed by atoms with van der Waals surface area (Å²) in [7, 11) is 0. The van der Waals surface area contributed by atoms with Crippen molar-refractivity contribution in [2.75, 3.05) is 12.3 Å². The molecule has 0 saturated heterocycles. The summed E-state index contributed by atoms with van der Waals surface area (Å²) in [4.78, 5) is 60.5. The Balaban J connectivity index is 5.51. The Morgan fingerprint density at radius 1 is 0.909 bits per heavy atom. The third kappa shape index (κ3) is 11.9. The highest BCUT2D eigenvalue weighted by Crippen LogP contribution is 2.08. The van der Waals surface area contributed by atoms with E-state index in [1.54, 1.807) is 0 Å². The molecule has 0 aliphatic heterocycles. The normalized spacial score (nSPS) is 15.4. The summed E-state index contributed by atoms with van der Waals surface area (Å²) >= 11 is 3.89. The van der Waals surface area contributed by atoms with Gasteiger partial charge in [-0.2, -0.15) is 12.6 Å². The molecule has 0 aliphatic rings. The lowest BCUT2D eigenvalue weighted by molar-refractivity contribution is -0.141. The van der Waals surface area contributed by atoms with Crippen LogP contribution in [0, 0.1) is 5.92 Å². The largest absolute Gasteiger partial charge is 0.480 e. The first-order chi connectivity index (χ1) is 15.5. The molecule has 0 aromatic rings. The number of amides is 4. The third-order valence-electron chi connectivity index (χ3n) is 5.25. The van der Waals surface area contributed by atoms with Gasteiger partial charge in [0, 0.05) is 12.2 Å². The molecule has 13 heteroatoms. The zero-order valence-corrected chi connectivity index (χ0v) is 20.1. The number of nitrogens with one attached hydrogen (secondary N) is 3. The van der Waals surface area contributed by atoms with Crippen molar-refractivity contribution in [2.45, 2.75) is 76.5 Å². The molecule has 0 heterocycles. The average molecular weight is 491 g/mol. The second-order valence-corrected chi connectivity index (χ2v) is 8.27. The highest BCUT2D eigenvalue weighted by atomic mass is 32.1. The Kier molecular flexibility index (Phi) is 15.1. The lowest BCUT2D eigenvalue weighted by Gasteiger charge is -2.26. The van der Waals surface area contributed by atoms with Gasteiger partial charge in [0.25, 0.3) is 0 Å². The Hall–Kier alpha value is -2.38. The molecule has 12 nitrogen and oxygen atoms in total. The molecule has 10 N–H and O–H groups in total. The summed E-state index contributed by atoms with van der Waals surface area (Å²) in [6, 6.07) is -4.35. The quantitative estimate of drug-likeness (QED) is 0.0858. The maximum Gasteiger partial charge on any atom is 0.327 e. The molecule has 4 amide bonds. The fourth-order valence-corrected chi connectivity index (χ4v) is 3.07. The number of unbranched alkanes of at least 4 members (excludes halogenated alkanes) is 1. The maximum atomic E-state index is 13.0. The van der Waals surface area contributed by atoms with Crippen molar-refractivity contribution in [2.24, 2.45) is 23.1 Å². The molecular formula is C20H38N6O6S. The monoisotopic (exact) mass is 490 g/mol. The summed E-state index contributed by atoms with van der Waals surface area (Å²) in [5.74, 6) is -4.27. The summed E-state index contributed by atoms with van der Waals surface area (Å²) in [5.41, 5.74) is 16.6. The van der Waals surface area contributed by atoms with Crippen molar-refractivity contribution in [3.05, 3.63) is 0 Å². The van der Waals surface area contributed by atoms with Crippen LogP contribution in [-0.4, -0.2) is 71.2 Å². The molecule has 0 aromatic carbocycles. The van der Waals surface area contributed by atoms with Crippen molar-refractivity contribution in [3.8, 4) is 0 Å². The van der Waals surface area contributed by atoms with Gasteiger partial charge in [0.15, 0.2) is 0 Å². The van der Waals surface area contributed by atoms with Crippen LogP contribution in [0.5, 0.6) is 0 Å². The van der Waals surface area contributed by atoms with Crippen molar-refractivity contribution < 1.29 is 29.1 Å². The molecule has 0 fully saturated rings. The predicted octanol–water partition coefficient (Wildman–Crippen LogP) is -1.78. The van der Waals surface area contributed by atoms with Crippen LogP contribution in [0.1, 0.15) is 52.4 Å². The average Bonchev–Trinajstić information content (AvgIpc) is 2.77. The molecule has 0 aromatic heterocycles. The Bertz CT molecular complexity index is 679. The van der Waals surface area contributed by atoms with E-state index in [1.807, 2.05) is 13.8 Å². The summed E-state index contributed by atoms with van der Waals surface area (Å²) in [6.45, 7) is 4.11. The second kappa shape index (κ2) is 16.3. The van der Waals surface area contributed by atoms with E-state index in [-0.39, 0.29) is 30.9 Å². The minimum Gasteiger partial charge on any atom is -0.480 e. The SMILES string of the molecule is CCC(C)C(N)C(=O)NC(CCCCN)C(=O)NC(CCC(N)=O)C(=O)NC(CS)C(=O)O. The molecule has 0 rings (SSSR count). The van der Waals surface area contributed by atoms with Crippen LogP contribution in [-0.2, 0) is 24.0 Å². The van der Waals surface area contributed by atoms with Crippen molar-refractivity contribution >= 4 is 42.2 Å². The third-order valence-corrected chi connectivity index (χ3v) is 5.61. The van der Waals surface area contributed by atoms with Gasteiger partial charge in [-0.25, -0.2) is 4.79 Å². The number of carbonyl (C=O) groups is 5. The van der Waals surface area contributed by atoms with Gasteiger partial charge in [-0.15, -0.1) is 0 Å². The fourth-order valence-electron chi connectivity index (χ4n) is 2.83. The van der Waals surface area contributed by atoms with Crippen molar-refractivity contribution in [3.63, 3.8) is 0 Å². The molecule has 0 spiro atoms. The van der Waals surface area contributed by atoms with E-state index in [1.165, 1.54) is 0 Å². The van der Waals surface area contributed by atoms with Gasteiger partial charge in [0.05, 0.1) is 6.04 Å². The number of primary amides is 1. The van der Waals surface area contributed by atoms with Crippen LogP contribution in [0.15, 0.2) is 0 Å². The van der Waals surface area contributed by atoms with E-state index in [9.17, 15) is 24.0 Å². The van der Waals surface area contributed by atoms with Gasteiger partial charge in [0.2, 0.25) is 23.6 Å². The number of aliphatic carboxylic acids is 1. The highest BCUT2D eigenvalue weighted by Gasteiger charge is 2.30. The molecule has 5 unspecified atom stereocenters. The first-order valence-electron chi connectivity index (χ1n) is 11.0. The number of carboxylic acid groups (broad SMARTS) is 1. The molecule has 0 saturated carbocycles. The number of carboxylic acids is 1. The van der Waals surface area contributed by atoms with E-state index in [4.69, 9.17) is 22.3 Å². The van der Waals surface area contributed by atoms with Crippen LogP contribution in [0.4, 0.5) is 0 Å². The molecule has 190 valence electrons. The standard InChI is InChI=1S/C20H38N6O6S/c1-3-11(2)16(23)19(30)25-12(6-4-5-9-21)17(28)24-13(7-8-15(22)27)18(29)26-14(10-33)20(31)32/h11-14,16,33H,3-10,21,23H2,1-2H3,(H2,22,27)(H,24,28)(H,25,30)(H,26,29)(H,31,32). The Morgan fingerprint density at radius 2 is 1.42 bits per heavy atom. The first-order valence-corrected chi connectivity index (χ1v) is 11.6. The van der Waals surface area contributed by atoms with Crippen molar-refractivity contribution in [1.29, 1.82) is 0 Å². The fraction of sp³-hybridized carbons (Fsp3) is 0.750. The van der Waals surface area contributed by atoms with Crippen LogP contribution in [0.3, 0.4) is 0 Å². The lowest BCUT2D eigenvalue weighted by Crippen LogP contribution is -2.57. The van der Waals surface area contributed by atoms with Gasteiger partial charge in [-0.05, 0) is 38.1 Å².